The predicted molar refractivity (Wildman–Crippen MR) is 212 cm³/mol. The average molecular weight is 707 g/mol. The Balaban J connectivity index is 1.12. The molecule has 7 heteroatoms. The summed E-state index contributed by atoms with van der Waals surface area (Å²) in [6.07, 6.45) is 0.985. The second-order valence-corrected chi connectivity index (χ2v) is 12.5. The van der Waals surface area contributed by atoms with E-state index in [9.17, 15) is 8.92 Å². The van der Waals surface area contributed by atoms with E-state index in [0.29, 0.717) is 11.3 Å². The number of nitrogens with zero attached hydrogens (tertiary/aromatic N) is 2. The highest BCUT2D eigenvalue weighted by Crippen LogP contribution is 2.39. The average Bonchev–Trinajstić information content (AvgIpc) is 3.22. The zero-order valence-corrected chi connectivity index (χ0v) is 29.4. The summed E-state index contributed by atoms with van der Waals surface area (Å²) in [5, 5.41) is 0. The van der Waals surface area contributed by atoms with Crippen LogP contribution in [0.25, 0.3) is 22.3 Å². The minimum atomic E-state index is -0.531. The van der Waals surface area contributed by atoms with Gasteiger partial charge in [0.1, 0.15) is 12.4 Å². The number of anilines is 6. The number of hydrogen-bond acceptors (Lipinski definition) is 5. The largest absolute Gasteiger partial charge is 0.429 e. The topological polar surface area (TPSA) is 24.9 Å². The minimum absolute atomic E-state index is 0.122. The Hall–Kier alpha value is -6.05. The predicted octanol–water partition coefficient (Wildman–Crippen LogP) is 13.5. The number of hydrogen-bond donors (Lipinski definition) is 1. The molecule has 0 atom stereocenters. The molecule has 0 amide bonds. The van der Waals surface area contributed by atoms with Crippen LogP contribution in [0.3, 0.4) is 0 Å². The van der Waals surface area contributed by atoms with Crippen LogP contribution in [-0.2, 0) is 13.1 Å². The molecule has 0 aliphatic rings. The lowest BCUT2D eigenvalue weighted by atomic mass is 9.99. The van der Waals surface area contributed by atoms with Gasteiger partial charge in [-0.2, -0.15) is 0 Å². The van der Waals surface area contributed by atoms with Gasteiger partial charge in [0.25, 0.3) is 0 Å². The van der Waals surface area contributed by atoms with Crippen LogP contribution in [0.2, 0.25) is 0 Å². The van der Waals surface area contributed by atoms with Crippen molar-refractivity contribution >= 4 is 47.0 Å². The summed E-state index contributed by atoms with van der Waals surface area (Å²) in [5.41, 5.74) is 12.0. The van der Waals surface area contributed by atoms with Gasteiger partial charge in [0.15, 0.2) is 5.75 Å². The standard InChI is InChI=1S/C45H36F2N2O2S/c1-2-32-3-15-38(16-4-32)48(43-25-29-45(51-52)30-26-43)40-19-11-36(12-20-40)34-7-9-35(10-8-34)37-13-21-41(22-14-37)49(39-17-5-33(31-46)6-18-39)42-23-27-44(50-47)28-24-42/h3-30,52H,2,31H2,1H3. The van der Waals surface area contributed by atoms with Crippen molar-refractivity contribution in [2.75, 3.05) is 9.80 Å². The highest BCUT2D eigenvalue weighted by molar-refractivity contribution is 7.75. The van der Waals surface area contributed by atoms with E-state index >= 15 is 0 Å². The fraction of sp³-hybridized carbons (Fsp3) is 0.0667. The van der Waals surface area contributed by atoms with Gasteiger partial charge in [-0.3, -0.25) is 4.94 Å². The summed E-state index contributed by atoms with van der Waals surface area (Å²) in [6.45, 7) is 1.63. The zero-order valence-electron chi connectivity index (χ0n) is 28.5. The number of benzene rings is 7. The lowest BCUT2D eigenvalue weighted by molar-refractivity contribution is -0.00618. The number of alkyl halides is 1. The van der Waals surface area contributed by atoms with Crippen molar-refractivity contribution in [2.45, 2.75) is 20.0 Å². The molecule has 0 aliphatic heterocycles. The maximum atomic E-state index is 13.2. The van der Waals surface area contributed by atoms with Gasteiger partial charge in [0, 0.05) is 51.6 Å². The van der Waals surface area contributed by atoms with Gasteiger partial charge in [-0.1, -0.05) is 79.7 Å². The molecule has 7 aromatic rings. The molecule has 0 saturated heterocycles. The Labute approximate surface area is 308 Å². The van der Waals surface area contributed by atoms with E-state index in [1.807, 2.05) is 53.4 Å². The molecule has 0 aromatic heterocycles. The number of thiol groups is 1. The first kappa shape index (κ1) is 34.4. The Morgan fingerprint density at radius 1 is 0.423 bits per heavy atom. The molecular formula is C45H36F2N2O2S. The highest BCUT2D eigenvalue weighted by atomic mass is 32.1. The van der Waals surface area contributed by atoms with E-state index in [4.69, 9.17) is 4.18 Å². The molecule has 0 fully saturated rings. The maximum absolute atomic E-state index is 13.2. The van der Waals surface area contributed by atoms with Crippen LogP contribution >= 0.6 is 12.9 Å². The minimum Gasteiger partial charge on any atom is -0.429 e. The van der Waals surface area contributed by atoms with Gasteiger partial charge in [-0.05, 0) is 137 Å². The lowest BCUT2D eigenvalue weighted by Crippen LogP contribution is -2.09. The third kappa shape index (κ3) is 7.50. The van der Waals surface area contributed by atoms with Gasteiger partial charge in [0.05, 0.1) is 0 Å². The van der Waals surface area contributed by atoms with E-state index in [1.165, 1.54) is 5.56 Å². The normalized spacial score (nSPS) is 10.8. The molecular weight excluding hydrogens is 671 g/mol. The monoisotopic (exact) mass is 706 g/mol. The van der Waals surface area contributed by atoms with Crippen LogP contribution in [0, 0.1) is 0 Å². The number of aryl methyl sites for hydroxylation is 1. The second kappa shape index (κ2) is 15.9. The van der Waals surface area contributed by atoms with E-state index in [1.54, 1.807) is 36.4 Å². The fourth-order valence-electron chi connectivity index (χ4n) is 6.27. The third-order valence-corrected chi connectivity index (χ3v) is 9.35. The molecule has 4 nitrogen and oxygen atoms in total. The maximum Gasteiger partial charge on any atom is 0.172 e. The van der Waals surface area contributed by atoms with Gasteiger partial charge >= 0.3 is 0 Å². The number of rotatable bonds is 12. The molecule has 0 aliphatic carbocycles. The van der Waals surface area contributed by atoms with Crippen LogP contribution in [0.5, 0.6) is 11.5 Å². The molecule has 0 heterocycles. The van der Waals surface area contributed by atoms with E-state index < -0.39 is 6.67 Å². The fourth-order valence-corrected chi connectivity index (χ4v) is 6.39. The smallest absolute Gasteiger partial charge is 0.172 e. The summed E-state index contributed by atoms with van der Waals surface area (Å²) < 4.78 is 31.1. The van der Waals surface area contributed by atoms with Crippen LogP contribution in [0.15, 0.2) is 170 Å². The zero-order chi connectivity index (χ0) is 35.9. The Morgan fingerprint density at radius 3 is 1.02 bits per heavy atom. The van der Waals surface area contributed by atoms with Crippen LogP contribution < -0.4 is 18.9 Å². The van der Waals surface area contributed by atoms with Gasteiger partial charge in [0.2, 0.25) is 0 Å². The van der Waals surface area contributed by atoms with Crippen molar-refractivity contribution in [1.29, 1.82) is 0 Å². The molecule has 52 heavy (non-hydrogen) atoms. The molecule has 0 spiro atoms. The van der Waals surface area contributed by atoms with Crippen molar-refractivity contribution < 1.29 is 18.0 Å². The summed E-state index contributed by atoms with van der Waals surface area (Å²) >= 11 is 3.94. The second-order valence-electron chi connectivity index (χ2n) is 12.3. The number of halogens is 2. The van der Waals surface area contributed by atoms with E-state index in [0.717, 1.165) is 62.8 Å². The van der Waals surface area contributed by atoms with Crippen molar-refractivity contribution in [3.8, 4) is 33.8 Å². The molecule has 0 saturated carbocycles. The molecule has 0 N–H and O–H groups in total. The van der Waals surface area contributed by atoms with Crippen molar-refractivity contribution in [3.05, 3.63) is 181 Å². The van der Waals surface area contributed by atoms with Crippen molar-refractivity contribution in [1.82, 2.24) is 0 Å². The molecule has 0 radical (unpaired) electrons. The van der Waals surface area contributed by atoms with Crippen molar-refractivity contribution in [2.24, 2.45) is 0 Å². The van der Waals surface area contributed by atoms with E-state index in [2.05, 4.69) is 115 Å². The molecule has 0 bridgehead atoms. The first-order valence-corrected chi connectivity index (χ1v) is 17.4. The van der Waals surface area contributed by atoms with E-state index in [-0.39, 0.29) is 5.75 Å². The van der Waals surface area contributed by atoms with Gasteiger partial charge in [-0.25, -0.2) is 4.39 Å². The van der Waals surface area contributed by atoms with Gasteiger partial charge in [-0.15, -0.1) is 0 Å². The van der Waals surface area contributed by atoms with Crippen LogP contribution in [-0.4, -0.2) is 0 Å². The quantitative estimate of drug-likeness (QED) is 0.101. The Morgan fingerprint density at radius 2 is 0.712 bits per heavy atom. The summed E-state index contributed by atoms with van der Waals surface area (Å²) in [7, 11) is 0. The van der Waals surface area contributed by atoms with Crippen LogP contribution in [0.4, 0.5) is 43.0 Å². The van der Waals surface area contributed by atoms with Crippen molar-refractivity contribution in [3.63, 3.8) is 0 Å². The Bertz CT molecular complexity index is 1940. The molecule has 0 unspecified atom stereocenters. The summed E-state index contributed by atoms with van der Waals surface area (Å²) in [4.78, 5) is 8.15. The van der Waals surface area contributed by atoms with Crippen LogP contribution in [0.1, 0.15) is 18.1 Å². The molecule has 7 rings (SSSR count). The first-order valence-electron chi connectivity index (χ1n) is 17.0. The summed E-state index contributed by atoms with van der Waals surface area (Å²) in [5.74, 6) is 0.806. The highest BCUT2D eigenvalue weighted by Gasteiger charge is 2.15. The first-order chi connectivity index (χ1) is 25.6. The van der Waals surface area contributed by atoms with Gasteiger partial charge < -0.3 is 14.0 Å². The lowest BCUT2D eigenvalue weighted by Gasteiger charge is -2.26. The third-order valence-electron chi connectivity index (χ3n) is 9.14. The molecule has 7 aromatic carbocycles. The molecule has 258 valence electrons. The SMILES string of the molecule is CCc1ccc(N(c2ccc(OS)cc2)c2ccc(-c3ccc(-c4ccc(N(c5ccc(CF)cc5)c5ccc(OF)cc5)cc4)cc3)cc2)cc1. The summed E-state index contributed by atoms with van der Waals surface area (Å²) in [6, 6.07) is 55.9. The Kier molecular flexibility index (Phi) is 10.5.